The summed E-state index contributed by atoms with van der Waals surface area (Å²) < 4.78 is 191. The van der Waals surface area contributed by atoms with Crippen molar-refractivity contribution in [1.29, 1.82) is 0 Å². The van der Waals surface area contributed by atoms with Crippen LogP contribution < -0.4 is 9.47 Å². The Kier molecular flexibility index (Phi) is 14.5. The lowest BCUT2D eigenvalue weighted by Gasteiger charge is -2.33. The molecule has 1 heterocycles. The Labute approximate surface area is 264 Å². The highest BCUT2D eigenvalue weighted by atomic mass is 19.4. The van der Waals surface area contributed by atoms with Crippen molar-refractivity contribution in [2.75, 3.05) is 26.4 Å². The SMILES string of the molecule is CCCCCCCOc1cc(-c2ncccn2)ccc1OCCCOCC(F)(F)OC(F)(F)C(F)(F)OC(F)(F)C(F)(F)OC(F)(F)F. The summed E-state index contributed by atoms with van der Waals surface area (Å²) in [6.45, 7) is -0.745. The van der Waals surface area contributed by atoms with Gasteiger partial charge in [0, 0.05) is 24.4 Å². The molecule has 0 bridgehead atoms. The van der Waals surface area contributed by atoms with Crippen molar-refractivity contribution in [3.05, 3.63) is 36.7 Å². The molecule has 2 rings (SSSR count). The molecule has 1 aromatic carbocycles. The second-order valence-electron chi connectivity index (χ2n) is 9.71. The van der Waals surface area contributed by atoms with Gasteiger partial charge < -0.3 is 14.2 Å². The molecule has 0 fully saturated rings. The minimum atomic E-state index is -7.11. The van der Waals surface area contributed by atoms with Crippen molar-refractivity contribution in [2.45, 2.75) is 82.4 Å². The third kappa shape index (κ3) is 13.0. The van der Waals surface area contributed by atoms with Gasteiger partial charge >= 0.3 is 36.9 Å². The number of ether oxygens (including phenoxy) is 6. The second kappa shape index (κ2) is 17.0. The highest BCUT2D eigenvalue weighted by molar-refractivity contribution is 5.60. The summed E-state index contributed by atoms with van der Waals surface area (Å²) in [4.78, 5) is 8.28. The van der Waals surface area contributed by atoms with Crippen LogP contribution in [0.1, 0.15) is 45.4 Å². The predicted octanol–water partition coefficient (Wildman–Crippen LogP) is 8.81. The summed E-state index contributed by atoms with van der Waals surface area (Å²) in [6.07, 6.45) is -32.3. The monoisotopic (exact) mass is 724 g/mol. The molecule has 0 spiro atoms. The Morgan fingerprint density at radius 1 is 0.583 bits per heavy atom. The van der Waals surface area contributed by atoms with Gasteiger partial charge in [0.25, 0.3) is 0 Å². The third-order valence-corrected chi connectivity index (χ3v) is 5.69. The number of benzene rings is 1. The van der Waals surface area contributed by atoms with E-state index in [0.29, 0.717) is 18.0 Å². The Balaban J connectivity index is 1.92. The number of hydrogen-bond donors (Lipinski definition) is 0. The lowest BCUT2D eigenvalue weighted by atomic mass is 10.1. The van der Waals surface area contributed by atoms with E-state index in [-0.39, 0.29) is 24.5 Å². The first-order valence-corrected chi connectivity index (χ1v) is 13.9. The van der Waals surface area contributed by atoms with Crippen LogP contribution in [0.2, 0.25) is 0 Å². The molecule has 0 radical (unpaired) electrons. The molecule has 21 heteroatoms. The maximum absolute atomic E-state index is 13.8. The van der Waals surface area contributed by atoms with Gasteiger partial charge in [0.1, 0.15) is 6.61 Å². The molecular weight excluding hydrogens is 695 g/mol. The summed E-state index contributed by atoms with van der Waals surface area (Å²) in [5.41, 5.74) is 0.578. The largest absolute Gasteiger partial charge is 0.527 e. The Morgan fingerprint density at radius 3 is 1.73 bits per heavy atom. The van der Waals surface area contributed by atoms with E-state index in [4.69, 9.17) is 9.47 Å². The zero-order valence-corrected chi connectivity index (χ0v) is 24.8. The van der Waals surface area contributed by atoms with Gasteiger partial charge in [0.2, 0.25) is 0 Å². The number of aromatic nitrogens is 2. The normalized spacial score (nSPS) is 13.5. The van der Waals surface area contributed by atoms with Gasteiger partial charge in [-0.15, -0.1) is 13.2 Å². The first kappa shape index (κ1) is 41.0. The van der Waals surface area contributed by atoms with E-state index in [1.165, 1.54) is 18.5 Å². The summed E-state index contributed by atoms with van der Waals surface area (Å²) in [5, 5.41) is 0. The Bertz CT molecular complexity index is 1250. The zero-order chi connectivity index (χ0) is 36.3. The van der Waals surface area contributed by atoms with Crippen LogP contribution >= 0.6 is 0 Å². The average Bonchev–Trinajstić information content (AvgIpc) is 2.95. The standard InChI is InChI=1S/C27H29F13N2O6/c1-2-3-4-5-6-14-45-20-16-18(21-41-11-7-12-42-21)9-10-19(20)44-15-8-13-43-17-22(28,29)46-23(30,31)24(32,33)47-25(34,35)26(36,37)48-27(38,39)40/h7,9-12,16H,2-6,8,13-15,17H2,1H3. The van der Waals surface area contributed by atoms with Crippen molar-refractivity contribution >= 4 is 0 Å². The van der Waals surface area contributed by atoms with Gasteiger partial charge in [-0.3, -0.25) is 0 Å². The van der Waals surface area contributed by atoms with Crippen LogP contribution in [-0.4, -0.2) is 73.3 Å². The molecule has 0 aliphatic carbocycles. The van der Waals surface area contributed by atoms with E-state index >= 15 is 0 Å². The molecule has 0 saturated heterocycles. The molecule has 0 atom stereocenters. The summed E-state index contributed by atoms with van der Waals surface area (Å²) in [6, 6.07) is 6.33. The molecule has 2 aromatic rings. The van der Waals surface area contributed by atoms with E-state index in [0.717, 1.165) is 32.1 Å². The number of unbranched alkanes of at least 4 members (excludes halogenated alkanes) is 4. The van der Waals surface area contributed by atoms with Crippen LogP contribution in [0.25, 0.3) is 11.4 Å². The molecule has 0 saturated carbocycles. The predicted molar refractivity (Wildman–Crippen MR) is 137 cm³/mol. The van der Waals surface area contributed by atoms with Crippen molar-refractivity contribution in [3.63, 3.8) is 0 Å². The molecule has 274 valence electrons. The highest BCUT2D eigenvalue weighted by Gasteiger charge is 2.74. The molecular formula is C27H29F13N2O6. The third-order valence-electron chi connectivity index (χ3n) is 5.69. The number of alkyl halides is 13. The molecule has 8 nitrogen and oxygen atoms in total. The van der Waals surface area contributed by atoms with Crippen molar-refractivity contribution in [1.82, 2.24) is 9.97 Å². The highest BCUT2D eigenvalue weighted by Crippen LogP contribution is 2.48. The summed E-state index contributed by atoms with van der Waals surface area (Å²) in [5.74, 6) is 0.877. The van der Waals surface area contributed by atoms with Gasteiger partial charge in [0.05, 0.1) is 19.8 Å². The van der Waals surface area contributed by atoms with E-state index < -0.39 is 50.1 Å². The van der Waals surface area contributed by atoms with E-state index in [2.05, 4.69) is 26.4 Å². The number of hydrogen-bond acceptors (Lipinski definition) is 8. The molecule has 0 amide bonds. The number of rotatable bonds is 22. The van der Waals surface area contributed by atoms with E-state index in [1.54, 1.807) is 22.9 Å². The first-order valence-electron chi connectivity index (χ1n) is 13.9. The lowest BCUT2D eigenvalue weighted by Crippen LogP contribution is -2.57. The topological polar surface area (TPSA) is 81.2 Å². The molecule has 1 aromatic heterocycles. The van der Waals surface area contributed by atoms with Crippen molar-refractivity contribution in [2.24, 2.45) is 0 Å². The lowest BCUT2D eigenvalue weighted by molar-refractivity contribution is -0.564. The minimum absolute atomic E-state index is 0.210. The van der Waals surface area contributed by atoms with E-state index in [1.807, 2.05) is 4.74 Å². The summed E-state index contributed by atoms with van der Waals surface area (Å²) >= 11 is 0. The number of nitrogens with zero attached hydrogens (tertiary/aromatic N) is 2. The van der Waals surface area contributed by atoms with Crippen LogP contribution in [0.4, 0.5) is 57.1 Å². The quantitative estimate of drug-likeness (QED) is 0.0881. The molecule has 48 heavy (non-hydrogen) atoms. The first-order chi connectivity index (χ1) is 22.1. The summed E-state index contributed by atoms with van der Waals surface area (Å²) in [7, 11) is 0. The van der Waals surface area contributed by atoms with E-state index in [9.17, 15) is 57.1 Å². The smallest absolute Gasteiger partial charge is 0.490 e. The van der Waals surface area contributed by atoms with Gasteiger partial charge in [-0.25, -0.2) is 24.2 Å². The van der Waals surface area contributed by atoms with Gasteiger partial charge in [-0.05, 0) is 30.7 Å². The second-order valence-corrected chi connectivity index (χ2v) is 9.71. The fourth-order valence-electron chi connectivity index (χ4n) is 3.51. The average molecular weight is 725 g/mol. The molecule has 0 aliphatic rings. The van der Waals surface area contributed by atoms with Crippen molar-refractivity contribution in [3.8, 4) is 22.9 Å². The maximum atomic E-state index is 13.8. The van der Waals surface area contributed by atoms with Gasteiger partial charge in [-0.1, -0.05) is 32.6 Å². The fraction of sp³-hybridized carbons (Fsp3) is 0.630. The van der Waals surface area contributed by atoms with Crippen LogP contribution in [0.3, 0.4) is 0 Å². The molecule has 0 N–H and O–H groups in total. The molecule has 0 aliphatic heterocycles. The van der Waals surface area contributed by atoms with Crippen LogP contribution in [-0.2, 0) is 18.9 Å². The molecule has 0 unspecified atom stereocenters. The van der Waals surface area contributed by atoms with Gasteiger partial charge in [-0.2, -0.15) is 43.9 Å². The Hall–Kier alpha value is -3.17. The van der Waals surface area contributed by atoms with Crippen LogP contribution in [0, 0.1) is 0 Å². The maximum Gasteiger partial charge on any atom is 0.527 e. The fourth-order valence-corrected chi connectivity index (χ4v) is 3.51. The zero-order valence-electron chi connectivity index (χ0n) is 24.8. The Morgan fingerprint density at radius 2 is 1.12 bits per heavy atom. The van der Waals surface area contributed by atoms with Gasteiger partial charge in [0.15, 0.2) is 17.3 Å². The van der Waals surface area contributed by atoms with Crippen LogP contribution in [0.15, 0.2) is 36.7 Å². The minimum Gasteiger partial charge on any atom is -0.490 e. The van der Waals surface area contributed by atoms with Crippen molar-refractivity contribution < 1.29 is 85.5 Å². The number of halogens is 13. The van der Waals surface area contributed by atoms with Crippen LogP contribution in [0.5, 0.6) is 11.5 Å².